The van der Waals surface area contributed by atoms with Crippen molar-refractivity contribution in [2.24, 2.45) is 11.8 Å². The van der Waals surface area contributed by atoms with E-state index in [1.807, 2.05) is 0 Å². The molecule has 1 saturated heterocycles. The van der Waals surface area contributed by atoms with Crippen molar-refractivity contribution in [1.82, 2.24) is 10.6 Å². The van der Waals surface area contributed by atoms with Crippen LogP contribution in [-0.4, -0.2) is 19.0 Å². The predicted molar refractivity (Wildman–Crippen MR) is 82.6 cm³/mol. The smallest absolute Gasteiger partial charge is 0.226 e. The molecule has 0 radical (unpaired) electrons. The zero-order valence-corrected chi connectivity index (χ0v) is 12.9. The highest BCUT2D eigenvalue weighted by Crippen LogP contribution is 2.24. The van der Waals surface area contributed by atoms with Crippen molar-refractivity contribution in [3.8, 4) is 0 Å². The van der Waals surface area contributed by atoms with E-state index in [4.69, 9.17) is 0 Å². The lowest BCUT2D eigenvalue weighted by Crippen LogP contribution is -2.51. The Labute approximate surface area is 122 Å². The molecule has 1 atom stereocenters. The second kappa shape index (κ2) is 6.40. The Balaban J connectivity index is 2.09. The minimum atomic E-state index is 0.101. The van der Waals surface area contributed by atoms with Crippen LogP contribution in [0.25, 0.3) is 0 Å². The topological polar surface area (TPSA) is 41.1 Å². The van der Waals surface area contributed by atoms with Crippen LogP contribution >= 0.6 is 0 Å². The van der Waals surface area contributed by atoms with E-state index in [1.54, 1.807) is 0 Å². The van der Waals surface area contributed by atoms with Gasteiger partial charge in [-0.25, -0.2) is 0 Å². The van der Waals surface area contributed by atoms with Gasteiger partial charge in [0, 0.05) is 13.1 Å². The summed E-state index contributed by atoms with van der Waals surface area (Å²) in [5, 5.41) is 6.35. The summed E-state index contributed by atoms with van der Waals surface area (Å²) in [7, 11) is 0. The van der Waals surface area contributed by atoms with Gasteiger partial charge in [-0.3, -0.25) is 4.79 Å². The van der Waals surface area contributed by atoms with E-state index in [2.05, 4.69) is 62.6 Å². The average Bonchev–Trinajstić information content (AvgIpc) is 2.33. The zero-order chi connectivity index (χ0) is 14.7. The summed E-state index contributed by atoms with van der Waals surface area (Å²) < 4.78 is 0. The molecule has 1 amide bonds. The van der Waals surface area contributed by atoms with Crippen molar-refractivity contribution in [2.75, 3.05) is 13.1 Å². The van der Waals surface area contributed by atoms with Gasteiger partial charge in [0.1, 0.15) is 0 Å². The Bertz CT molecular complexity index is 447. The number of carbonyl (C=O) groups excluding carboxylic acids is 1. The lowest BCUT2D eigenvalue weighted by atomic mass is 9.92. The fourth-order valence-electron chi connectivity index (χ4n) is 2.47. The summed E-state index contributed by atoms with van der Waals surface area (Å²) in [6.45, 7) is 10.3. The Morgan fingerprint density at radius 2 is 1.65 bits per heavy atom. The molecule has 1 aromatic carbocycles. The summed E-state index contributed by atoms with van der Waals surface area (Å²) >= 11 is 0. The Morgan fingerprint density at radius 3 is 2.05 bits per heavy atom. The minimum Gasteiger partial charge on any atom is -0.349 e. The molecule has 0 aliphatic carbocycles. The lowest BCUT2D eigenvalue weighted by Gasteiger charge is -2.30. The number of benzene rings is 1. The van der Waals surface area contributed by atoms with Crippen LogP contribution in [0.15, 0.2) is 24.3 Å². The first-order chi connectivity index (χ1) is 9.49. The molecule has 3 heteroatoms. The monoisotopic (exact) mass is 274 g/mol. The number of amides is 1. The van der Waals surface area contributed by atoms with E-state index < -0.39 is 0 Å². The highest BCUT2D eigenvalue weighted by molar-refractivity contribution is 5.80. The first-order valence-electron chi connectivity index (χ1n) is 7.60. The molecule has 0 saturated carbocycles. The van der Waals surface area contributed by atoms with Crippen LogP contribution in [0.4, 0.5) is 0 Å². The molecule has 20 heavy (non-hydrogen) atoms. The fourth-order valence-corrected chi connectivity index (χ4v) is 2.47. The highest BCUT2D eigenvalue weighted by Gasteiger charge is 2.28. The van der Waals surface area contributed by atoms with Crippen molar-refractivity contribution in [3.63, 3.8) is 0 Å². The summed E-state index contributed by atoms with van der Waals surface area (Å²) in [5.41, 5.74) is 2.54. The number of hydrogen-bond acceptors (Lipinski definition) is 2. The third kappa shape index (κ3) is 3.40. The number of carbonyl (C=O) groups is 1. The van der Waals surface area contributed by atoms with E-state index >= 15 is 0 Å². The number of rotatable bonds is 5. The van der Waals surface area contributed by atoms with Gasteiger partial charge in [0.2, 0.25) is 5.91 Å². The summed E-state index contributed by atoms with van der Waals surface area (Å²) in [5.74, 6) is 1.25. The van der Waals surface area contributed by atoms with Gasteiger partial charge in [0.05, 0.1) is 12.0 Å². The van der Waals surface area contributed by atoms with Gasteiger partial charge in [-0.05, 0) is 23.0 Å². The summed E-state index contributed by atoms with van der Waals surface area (Å²) in [6, 6.07) is 8.75. The van der Waals surface area contributed by atoms with Crippen molar-refractivity contribution in [2.45, 2.75) is 39.7 Å². The van der Waals surface area contributed by atoms with Crippen molar-refractivity contribution < 1.29 is 4.79 Å². The van der Waals surface area contributed by atoms with Crippen molar-refractivity contribution >= 4 is 5.91 Å². The molecule has 2 N–H and O–H groups in total. The second-order valence-corrected chi connectivity index (χ2v) is 6.41. The summed E-state index contributed by atoms with van der Waals surface area (Å²) in [4.78, 5) is 12.1. The SMILES string of the molecule is CC(C)c1ccc(C(NC(=O)C2CNC2)C(C)C)cc1. The molecule has 1 unspecified atom stereocenters. The van der Waals surface area contributed by atoms with Gasteiger partial charge >= 0.3 is 0 Å². The maximum Gasteiger partial charge on any atom is 0.226 e. The van der Waals surface area contributed by atoms with Crippen LogP contribution in [0.1, 0.15) is 50.8 Å². The Kier molecular flexibility index (Phi) is 4.81. The van der Waals surface area contributed by atoms with Crippen LogP contribution in [0, 0.1) is 11.8 Å². The van der Waals surface area contributed by atoms with E-state index in [-0.39, 0.29) is 17.9 Å². The molecule has 2 rings (SSSR count). The molecule has 3 nitrogen and oxygen atoms in total. The second-order valence-electron chi connectivity index (χ2n) is 6.41. The number of nitrogens with one attached hydrogen (secondary N) is 2. The van der Waals surface area contributed by atoms with Crippen LogP contribution < -0.4 is 10.6 Å². The first-order valence-corrected chi connectivity index (χ1v) is 7.60. The van der Waals surface area contributed by atoms with Crippen LogP contribution in [0.3, 0.4) is 0 Å². The fraction of sp³-hybridized carbons (Fsp3) is 0.588. The first kappa shape index (κ1) is 15.0. The molecule has 1 aliphatic heterocycles. The Morgan fingerprint density at radius 1 is 1.10 bits per heavy atom. The van der Waals surface area contributed by atoms with E-state index in [9.17, 15) is 4.79 Å². The summed E-state index contributed by atoms with van der Waals surface area (Å²) in [6.07, 6.45) is 0. The van der Waals surface area contributed by atoms with Gasteiger partial charge < -0.3 is 10.6 Å². The third-order valence-corrected chi connectivity index (χ3v) is 4.08. The predicted octanol–water partition coefficient (Wildman–Crippen LogP) is 2.84. The molecular formula is C17H26N2O. The largest absolute Gasteiger partial charge is 0.349 e. The normalized spacial score (nSPS) is 17.1. The van der Waals surface area contributed by atoms with Crippen LogP contribution in [0.5, 0.6) is 0 Å². The van der Waals surface area contributed by atoms with Gasteiger partial charge in [-0.15, -0.1) is 0 Å². The van der Waals surface area contributed by atoms with Gasteiger partial charge in [0.15, 0.2) is 0 Å². The Hall–Kier alpha value is -1.35. The quantitative estimate of drug-likeness (QED) is 0.867. The molecule has 0 bridgehead atoms. The minimum absolute atomic E-state index is 0.101. The molecule has 1 heterocycles. The molecule has 1 aromatic rings. The third-order valence-electron chi connectivity index (χ3n) is 4.08. The van der Waals surface area contributed by atoms with Crippen molar-refractivity contribution in [3.05, 3.63) is 35.4 Å². The van der Waals surface area contributed by atoms with Crippen molar-refractivity contribution in [1.29, 1.82) is 0 Å². The zero-order valence-electron chi connectivity index (χ0n) is 12.9. The molecular weight excluding hydrogens is 248 g/mol. The maximum absolute atomic E-state index is 12.1. The lowest BCUT2D eigenvalue weighted by molar-refractivity contribution is -0.127. The van der Waals surface area contributed by atoms with Gasteiger partial charge in [-0.1, -0.05) is 52.0 Å². The van der Waals surface area contributed by atoms with Gasteiger partial charge in [-0.2, -0.15) is 0 Å². The highest BCUT2D eigenvalue weighted by atomic mass is 16.2. The van der Waals surface area contributed by atoms with Crippen LogP contribution in [0.2, 0.25) is 0 Å². The number of hydrogen-bond donors (Lipinski definition) is 2. The van der Waals surface area contributed by atoms with Crippen LogP contribution in [-0.2, 0) is 4.79 Å². The molecule has 1 aliphatic rings. The van der Waals surface area contributed by atoms with Gasteiger partial charge in [0.25, 0.3) is 0 Å². The molecule has 0 spiro atoms. The van der Waals surface area contributed by atoms with E-state index in [0.29, 0.717) is 11.8 Å². The van der Waals surface area contributed by atoms with E-state index in [0.717, 1.165) is 13.1 Å². The maximum atomic E-state index is 12.1. The van der Waals surface area contributed by atoms with E-state index in [1.165, 1.54) is 11.1 Å². The average molecular weight is 274 g/mol. The standard InChI is InChI=1S/C17H26N2O/c1-11(2)13-5-7-14(8-6-13)16(12(3)4)19-17(20)15-9-18-10-15/h5-8,11-12,15-16,18H,9-10H2,1-4H3,(H,19,20). The molecule has 1 fully saturated rings. The molecule has 110 valence electrons. The molecule has 0 aromatic heterocycles.